The Morgan fingerprint density at radius 1 is 0.568 bits per heavy atom. The molecular formula is C34H40N4O6. The third-order valence-corrected chi connectivity index (χ3v) is 8.08. The standard InChI is InChI=1S/C34H40N4O6/c1-39-29-15-21(16-30(40-2)33(29)43-5)27-13-11-25(19-36-27)38(24-9-7-23(35)8-10-24)26-12-14-28(37-20-26)22-17-31(41-3)34(44-6)32(18-22)42-4/h11-20,23-24H,7-10,35H2,1-6H3. The fourth-order valence-electron chi connectivity index (χ4n) is 5.79. The number of nitrogens with two attached hydrogens (primary N) is 1. The van der Waals surface area contributed by atoms with Gasteiger partial charge in [0.05, 0.1) is 77.8 Å². The zero-order valence-corrected chi connectivity index (χ0v) is 26.1. The second-order valence-electron chi connectivity index (χ2n) is 10.6. The van der Waals surface area contributed by atoms with E-state index in [1.165, 1.54) is 0 Å². The molecule has 1 aliphatic carbocycles. The lowest BCUT2D eigenvalue weighted by molar-refractivity contribution is 0.324. The van der Waals surface area contributed by atoms with E-state index in [-0.39, 0.29) is 12.1 Å². The summed E-state index contributed by atoms with van der Waals surface area (Å²) in [7, 11) is 9.59. The van der Waals surface area contributed by atoms with Gasteiger partial charge in [-0.25, -0.2) is 0 Å². The van der Waals surface area contributed by atoms with Crippen molar-refractivity contribution in [2.45, 2.75) is 37.8 Å². The molecule has 44 heavy (non-hydrogen) atoms. The summed E-state index contributed by atoms with van der Waals surface area (Å²) in [6, 6.07) is 16.3. The Balaban J connectivity index is 1.49. The third-order valence-electron chi connectivity index (χ3n) is 8.08. The Labute approximate surface area is 258 Å². The Bertz CT molecular complexity index is 1400. The van der Waals surface area contributed by atoms with Gasteiger partial charge in [0.15, 0.2) is 23.0 Å². The molecule has 10 nitrogen and oxygen atoms in total. The van der Waals surface area contributed by atoms with E-state index in [2.05, 4.69) is 17.0 Å². The molecule has 0 saturated heterocycles. The zero-order valence-electron chi connectivity index (χ0n) is 26.1. The first kappa shape index (κ1) is 30.7. The van der Waals surface area contributed by atoms with Crippen LogP contribution in [-0.4, -0.2) is 64.7 Å². The predicted octanol–water partition coefficient (Wildman–Crippen LogP) is 6.27. The molecule has 10 heteroatoms. The summed E-state index contributed by atoms with van der Waals surface area (Å²) in [5.74, 6) is 3.38. The van der Waals surface area contributed by atoms with Crippen molar-refractivity contribution >= 4 is 11.4 Å². The smallest absolute Gasteiger partial charge is 0.203 e. The second kappa shape index (κ2) is 13.7. The molecule has 5 rings (SSSR count). The highest BCUT2D eigenvalue weighted by Gasteiger charge is 2.27. The van der Waals surface area contributed by atoms with Gasteiger partial charge in [-0.05, 0) is 74.2 Å². The van der Waals surface area contributed by atoms with Crippen LogP contribution >= 0.6 is 0 Å². The number of benzene rings is 2. The normalized spacial score (nSPS) is 16.2. The topological polar surface area (TPSA) is 110 Å². The molecule has 0 atom stereocenters. The number of hydrogen-bond donors (Lipinski definition) is 1. The van der Waals surface area contributed by atoms with E-state index in [4.69, 9.17) is 44.1 Å². The summed E-state index contributed by atoms with van der Waals surface area (Å²) in [6.45, 7) is 0. The lowest BCUT2D eigenvalue weighted by Gasteiger charge is -2.37. The van der Waals surface area contributed by atoms with E-state index in [0.29, 0.717) is 34.5 Å². The van der Waals surface area contributed by atoms with Crippen LogP contribution in [0.25, 0.3) is 22.5 Å². The van der Waals surface area contributed by atoms with Gasteiger partial charge in [-0.15, -0.1) is 0 Å². The summed E-state index contributed by atoms with van der Waals surface area (Å²) < 4.78 is 33.2. The van der Waals surface area contributed by atoms with Gasteiger partial charge in [-0.3, -0.25) is 9.97 Å². The largest absolute Gasteiger partial charge is 0.493 e. The van der Waals surface area contributed by atoms with E-state index in [0.717, 1.165) is 59.6 Å². The number of rotatable bonds is 11. The van der Waals surface area contributed by atoms with E-state index < -0.39 is 0 Å². The molecule has 0 bridgehead atoms. The molecule has 1 aliphatic rings. The first-order chi connectivity index (χ1) is 21.4. The SMILES string of the molecule is COc1cc(-c2ccc(N(c3ccc(-c4cc(OC)c(OC)c(OC)c4)nc3)C3CCC(N)CC3)cn2)cc(OC)c1OC. The van der Waals surface area contributed by atoms with Crippen molar-refractivity contribution in [2.75, 3.05) is 47.6 Å². The maximum Gasteiger partial charge on any atom is 0.203 e. The van der Waals surface area contributed by atoms with Gasteiger partial charge in [0, 0.05) is 23.2 Å². The highest BCUT2D eigenvalue weighted by molar-refractivity contribution is 5.73. The summed E-state index contributed by atoms with van der Waals surface area (Å²) in [5.41, 5.74) is 11.5. The molecule has 1 saturated carbocycles. The zero-order chi connectivity index (χ0) is 31.2. The van der Waals surface area contributed by atoms with Crippen LogP contribution in [0.2, 0.25) is 0 Å². The van der Waals surface area contributed by atoms with E-state index in [1.54, 1.807) is 42.7 Å². The maximum atomic E-state index is 6.28. The number of methoxy groups -OCH3 is 6. The molecular weight excluding hydrogens is 560 g/mol. The van der Waals surface area contributed by atoms with Crippen LogP contribution in [0, 0.1) is 0 Å². The molecule has 2 N–H and O–H groups in total. The van der Waals surface area contributed by atoms with Crippen LogP contribution in [-0.2, 0) is 0 Å². The van der Waals surface area contributed by atoms with Gasteiger partial charge in [0.1, 0.15) is 0 Å². The van der Waals surface area contributed by atoms with Crippen molar-refractivity contribution in [1.29, 1.82) is 0 Å². The molecule has 2 aromatic heterocycles. The Kier molecular flexibility index (Phi) is 9.59. The van der Waals surface area contributed by atoms with Crippen LogP contribution in [0.3, 0.4) is 0 Å². The molecule has 1 fully saturated rings. The fourth-order valence-corrected chi connectivity index (χ4v) is 5.79. The van der Waals surface area contributed by atoms with Crippen molar-refractivity contribution < 1.29 is 28.4 Å². The van der Waals surface area contributed by atoms with Crippen molar-refractivity contribution in [2.24, 2.45) is 5.73 Å². The molecule has 4 aromatic rings. The van der Waals surface area contributed by atoms with E-state index in [1.807, 2.05) is 48.8 Å². The first-order valence-corrected chi connectivity index (χ1v) is 14.5. The summed E-state index contributed by atoms with van der Waals surface area (Å²) in [4.78, 5) is 12.0. The number of pyridine rings is 2. The van der Waals surface area contributed by atoms with Crippen molar-refractivity contribution in [1.82, 2.24) is 9.97 Å². The fraction of sp³-hybridized carbons (Fsp3) is 0.353. The second-order valence-corrected chi connectivity index (χ2v) is 10.6. The van der Waals surface area contributed by atoms with Gasteiger partial charge in [0.2, 0.25) is 11.5 Å². The Morgan fingerprint density at radius 2 is 0.955 bits per heavy atom. The molecule has 0 aliphatic heterocycles. The number of hydrogen-bond acceptors (Lipinski definition) is 10. The molecule has 0 spiro atoms. The number of nitrogens with zero attached hydrogens (tertiary/aromatic N) is 3. The van der Waals surface area contributed by atoms with Crippen LogP contribution < -0.4 is 39.1 Å². The Hall–Kier alpha value is -4.70. The number of aromatic nitrogens is 2. The summed E-state index contributed by atoms with van der Waals surface area (Å²) in [5, 5.41) is 0. The van der Waals surface area contributed by atoms with E-state index >= 15 is 0 Å². The molecule has 0 amide bonds. The molecule has 2 aromatic carbocycles. The number of anilines is 2. The van der Waals surface area contributed by atoms with Gasteiger partial charge < -0.3 is 39.1 Å². The van der Waals surface area contributed by atoms with Crippen LogP contribution in [0.15, 0.2) is 60.9 Å². The first-order valence-electron chi connectivity index (χ1n) is 14.5. The minimum atomic E-state index is 0.231. The lowest BCUT2D eigenvalue weighted by atomic mass is 9.90. The molecule has 2 heterocycles. The Morgan fingerprint density at radius 3 is 1.25 bits per heavy atom. The van der Waals surface area contributed by atoms with Crippen molar-refractivity contribution in [3.05, 3.63) is 60.9 Å². The average molecular weight is 601 g/mol. The third kappa shape index (κ3) is 6.16. The van der Waals surface area contributed by atoms with Crippen LogP contribution in [0.5, 0.6) is 34.5 Å². The van der Waals surface area contributed by atoms with Gasteiger partial charge in [0.25, 0.3) is 0 Å². The van der Waals surface area contributed by atoms with Gasteiger partial charge in [-0.2, -0.15) is 0 Å². The minimum Gasteiger partial charge on any atom is -0.493 e. The predicted molar refractivity (Wildman–Crippen MR) is 171 cm³/mol. The number of ether oxygens (including phenoxy) is 6. The highest BCUT2D eigenvalue weighted by atomic mass is 16.5. The monoisotopic (exact) mass is 600 g/mol. The minimum absolute atomic E-state index is 0.231. The molecule has 0 radical (unpaired) electrons. The molecule has 232 valence electrons. The summed E-state index contributed by atoms with van der Waals surface area (Å²) >= 11 is 0. The maximum absolute atomic E-state index is 6.28. The van der Waals surface area contributed by atoms with Crippen LogP contribution in [0.1, 0.15) is 25.7 Å². The van der Waals surface area contributed by atoms with E-state index in [9.17, 15) is 0 Å². The summed E-state index contributed by atoms with van der Waals surface area (Å²) in [6.07, 6.45) is 7.69. The quantitative estimate of drug-likeness (QED) is 0.211. The van der Waals surface area contributed by atoms with Crippen molar-refractivity contribution in [3.8, 4) is 57.0 Å². The highest BCUT2D eigenvalue weighted by Crippen LogP contribution is 2.43. The lowest BCUT2D eigenvalue weighted by Crippen LogP contribution is -2.38. The van der Waals surface area contributed by atoms with Crippen molar-refractivity contribution in [3.63, 3.8) is 0 Å². The van der Waals surface area contributed by atoms with Crippen LogP contribution in [0.4, 0.5) is 11.4 Å². The molecule has 0 unspecified atom stereocenters. The average Bonchev–Trinajstić information content (AvgIpc) is 3.08. The van der Waals surface area contributed by atoms with Gasteiger partial charge >= 0.3 is 0 Å². The van der Waals surface area contributed by atoms with Gasteiger partial charge in [-0.1, -0.05) is 0 Å².